The average Bonchev–Trinajstić information content (AvgIpc) is 2.15. The summed E-state index contributed by atoms with van der Waals surface area (Å²) in [6.07, 6.45) is 1.29. The third kappa shape index (κ3) is 3.63. The summed E-state index contributed by atoms with van der Waals surface area (Å²) >= 11 is 0. The molecule has 13 heavy (non-hydrogen) atoms. The molecule has 0 saturated carbocycles. The fourth-order valence-corrected chi connectivity index (χ4v) is 1.72. The van der Waals surface area contributed by atoms with Gasteiger partial charge < -0.3 is 4.74 Å². The minimum Gasteiger partial charge on any atom is -0.383 e. The monoisotopic (exact) mass is 186 g/mol. The molecular weight excluding hydrogens is 164 g/mol. The Balaban J connectivity index is 2.25. The van der Waals surface area contributed by atoms with E-state index < -0.39 is 0 Å². The molecule has 1 aliphatic rings. The molecule has 0 N–H and O–H groups in total. The summed E-state index contributed by atoms with van der Waals surface area (Å²) in [5.74, 6) is 0. The quantitative estimate of drug-likeness (QED) is 0.651. The van der Waals surface area contributed by atoms with Crippen molar-refractivity contribution in [2.45, 2.75) is 26.3 Å². The molecule has 0 unspecified atom stereocenters. The maximum absolute atomic E-state index is 5.08. The zero-order chi connectivity index (χ0) is 9.68. The van der Waals surface area contributed by atoms with Crippen LogP contribution in [0.15, 0.2) is 0 Å². The third-order valence-corrected chi connectivity index (χ3v) is 2.64. The van der Waals surface area contributed by atoms with Crippen molar-refractivity contribution in [3.05, 3.63) is 0 Å². The van der Waals surface area contributed by atoms with Gasteiger partial charge in [0.1, 0.15) is 0 Å². The predicted octanol–water partition coefficient (Wildman–Crippen LogP) is 1.01. The second-order valence-electron chi connectivity index (χ2n) is 4.01. The van der Waals surface area contributed by atoms with Crippen LogP contribution in [-0.2, 0) is 4.74 Å². The van der Waals surface area contributed by atoms with Gasteiger partial charge in [0.2, 0.25) is 0 Å². The summed E-state index contributed by atoms with van der Waals surface area (Å²) in [6.45, 7) is 10.0. The lowest BCUT2D eigenvalue weighted by atomic mass is 10.2. The summed E-state index contributed by atoms with van der Waals surface area (Å²) in [4.78, 5) is 4.98. The van der Waals surface area contributed by atoms with Crippen LogP contribution in [0.1, 0.15) is 20.3 Å². The number of nitrogens with zero attached hydrogens (tertiary/aromatic N) is 2. The lowest BCUT2D eigenvalue weighted by molar-refractivity contribution is 0.0442. The topological polar surface area (TPSA) is 15.7 Å². The Labute approximate surface area is 81.7 Å². The molecule has 1 rings (SSSR count). The Hall–Kier alpha value is -0.120. The average molecular weight is 186 g/mol. The van der Waals surface area contributed by atoms with Gasteiger partial charge in [-0.15, -0.1) is 0 Å². The molecule has 1 aliphatic heterocycles. The van der Waals surface area contributed by atoms with Crippen molar-refractivity contribution in [1.82, 2.24) is 9.80 Å². The SMILES string of the molecule is COCCN1CCCN(C(C)C)C1. The summed E-state index contributed by atoms with van der Waals surface area (Å²) in [7, 11) is 1.77. The molecule has 0 aromatic heterocycles. The molecule has 78 valence electrons. The van der Waals surface area contributed by atoms with Gasteiger partial charge in [-0.1, -0.05) is 0 Å². The zero-order valence-electron chi connectivity index (χ0n) is 9.12. The minimum atomic E-state index is 0.672. The first-order chi connectivity index (χ1) is 6.24. The van der Waals surface area contributed by atoms with Crippen LogP contribution in [0.25, 0.3) is 0 Å². The summed E-state index contributed by atoms with van der Waals surface area (Å²) < 4.78 is 5.08. The fraction of sp³-hybridized carbons (Fsp3) is 1.00. The van der Waals surface area contributed by atoms with Crippen molar-refractivity contribution in [3.8, 4) is 0 Å². The van der Waals surface area contributed by atoms with Gasteiger partial charge in [0.15, 0.2) is 0 Å². The molecule has 1 saturated heterocycles. The van der Waals surface area contributed by atoms with Crippen LogP contribution < -0.4 is 0 Å². The van der Waals surface area contributed by atoms with Crippen molar-refractivity contribution in [1.29, 1.82) is 0 Å². The Morgan fingerprint density at radius 2 is 2.08 bits per heavy atom. The van der Waals surface area contributed by atoms with Crippen molar-refractivity contribution < 1.29 is 4.74 Å². The number of methoxy groups -OCH3 is 1. The Morgan fingerprint density at radius 3 is 2.69 bits per heavy atom. The molecule has 0 aromatic rings. The van der Waals surface area contributed by atoms with Crippen LogP contribution in [-0.4, -0.2) is 55.9 Å². The summed E-state index contributed by atoms with van der Waals surface area (Å²) in [5, 5.41) is 0. The number of ether oxygens (including phenoxy) is 1. The smallest absolute Gasteiger partial charge is 0.0590 e. The largest absolute Gasteiger partial charge is 0.383 e. The van der Waals surface area contributed by atoms with E-state index in [1.165, 1.54) is 19.5 Å². The highest BCUT2D eigenvalue weighted by Gasteiger charge is 2.18. The zero-order valence-corrected chi connectivity index (χ0v) is 9.12. The molecule has 0 radical (unpaired) electrons. The van der Waals surface area contributed by atoms with Gasteiger partial charge in [-0.05, 0) is 20.3 Å². The van der Waals surface area contributed by atoms with E-state index in [0.29, 0.717) is 6.04 Å². The molecule has 3 nitrogen and oxygen atoms in total. The lowest BCUT2D eigenvalue weighted by Gasteiger charge is -2.37. The summed E-state index contributed by atoms with van der Waals surface area (Å²) in [5.41, 5.74) is 0. The minimum absolute atomic E-state index is 0.672. The second kappa shape index (κ2) is 5.58. The van der Waals surface area contributed by atoms with Crippen LogP contribution in [0.2, 0.25) is 0 Å². The highest BCUT2D eigenvalue weighted by atomic mass is 16.5. The van der Waals surface area contributed by atoms with Gasteiger partial charge in [-0.25, -0.2) is 0 Å². The second-order valence-corrected chi connectivity index (χ2v) is 4.01. The van der Waals surface area contributed by atoms with Crippen molar-refractivity contribution in [2.75, 3.05) is 40.0 Å². The highest BCUT2D eigenvalue weighted by molar-refractivity contribution is 4.70. The lowest BCUT2D eigenvalue weighted by Crippen LogP contribution is -2.48. The number of hydrogen-bond acceptors (Lipinski definition) is 3. The van der Waals surface area contributed by atoms with E-state index in [1.807, 2.05) is 0 Å². The van der Waals surface area contributed by atoms with Crippen LogP contribution in [0.4, 0.5) is 0 Å². The van der Waals surface area contributed by atoms with E-state index in [-0.39, 0.29) is 0 Å². The van der Waals surface area contributed by atoms with E-state index in [9.17, 15) is 0 Å². The number of rotatable bonds is 4. The first-order valence-corrected chi connectivity index (χ1v) is 5.19. The van der Waals surface area contributed by atoms with E-state index in [0.717, 1.165) is 19.8 Å². The maximum atomic E-state index is 5.08. The predicted molar refractivity (Wildman–Crippen MR) is 54.8 cm³/mol. The van der Waals surface area contributed by atoms with Gasteiger partial charge in [0.25, 0.3) is 0 Å². The van der Waals surface area contributed by atoms with Gasteiger partial charge in [-0.2, -0.15) is 0 Å². The third-order valence-electron chi connectivity index (χ3n) is 2.64. The Bertz CT molecular complexity index is 139. The van der Waals surface area contributed by atoms with Crippen molar-refractivity contribution in [2.24, 2.45) is 0 Å². The first kappa shape index (κ1) is 11.0. The first-order valence-electron chi connectivity index (χ1n) is 5.19. The maximum Gasteiger partial charge on any atom is 0.0590 e. The fourth-order valence-electron chi connectivity index (χ4n) is 1.72. The van der Waals surface area contributed by atoms with E-state index >= 15 is 0 Å². The van der Waals surface area contributed by atoms with Gasteiger partial charge in [-0.3, -0.25) is 9.80 Å². The van der Waals surface area contributed by atoms with Crippen molar-refractivity contribution in [3.63, 3.8) is 0 Å². The number of hydrogen-bond donors (Lipinski definition) is 0. The molecule has 0 amide bonds. The molecule has 3 heteroatoms. The molecular formula is C10H22N2O. The van der Waals surface area contributed by atoms with E-state index in [1.54, 1.807) is 7.11 Å². The molecule has 0 bridgehead atoms. The molecule has 1 fully saturated rings. The Morgan fingerprint density at radius 1 is 1.31 bits per heavy atom. The van der Waals surface area contributed by atoms with Crippen LogP contribution >= 0.6 is 0 Å². The van der Waals surface area contributed by atoms with Crippen LogP contribution in [0, 0.1) is 0 Å². The van der Waals surface area contributed by atoms with E-state index in [2.05, 4.69) is 23.6 Å². The van der Waals surface area contributed by atoms with Gasteiger partial charge >= 0.3 is 0 Å². The summed E-state index contributed by atoms with van der Waals surface area (Å²) in [6, 6.07) is 0.672. The van der Waals surface area contributed by atoms with E-state index in [4.69, 9.17) is 4.74 Å². The molecule has 1 heterocycles. The van der Waals surface area contributed by atoms with Gasteiger partial charge in [0.05, 0.1) is 13.3 Å². The molecule has 0 aliphatic carbocycles. The molecule has 0 aromatic carbocycles. The van der Waals surface area contributed by atoms with Crippen molar-refractivity contribution >= 4 is 0 Å². The molecule has 0 atom stereocenters. The Kier molecular flexibility index (Phi) is 4.70. The van der Waals surface area contributed by atoms with Gasteiger partial charge in [0, 0.05) is 32.8 Å². The highest BCUT2D eigenvalue weighted by Crippen LogP contribution is 2.08. The standard InChI is InChI=1S/C10H22N2O/c1-10(2)12-6-4-5-11(9-12)7-8-13-3/h10H,4-9H2,1-3H3. The van der Waals surface area contributed by atoms with Crippen LogP contribution in [0.5, 0.6) is 0 Å². The molecule has 0 spiro atoms. The van der Waals surface area contributed by atoms with Crippen LogP contribution in [0.3, 0.4) is 0 Å². The normalized spacial score (nSPS) is 21.2.